The zero-order chi connectivity index (χ0) is 17.4. The summed E-state index contributed by atoms with van der Waals surface area (Å²) in [5.41, 5.74) is 9.62. The lowest BCUT2D eigenvalue weighted by Gasteiger charge is -2.08. The number of aromatic nitrogens is 1. The van der Waals surface area contributed by atoms with Gasteiger partial charge in [0, 0.05) is 51.6 Å². The van der Waals surface area contributed by atoms with E-state index in [0.29, 0.717) is 22.4 Å². The van der Waals surface area contributed by atoms with Crippen LogP contribution < -0.4 is 5.73 Å². The van der Waals surface area contributed by atoms with Crippen LogP contribution in [0.1, 0.15) is 28.4 Å². The number of non-ortho nitro benzene ring substituents is 1. The monoisotopic (exact) mass is 321 g/mol. The van der Waals surface area contributed by atoms with Gasteiger partial charge >= 0.3 is 0 Å². The number of aromatic amines is 1. The first-order chi connectivity index (χ1) is 11.4. The fourth-order valence-electron chi connectivity index (χ4n) is 2.66. The van der Waals surface area contributed by atoms with Gasteiger partial charge in [0.15, 0.2) is 5.78 Å². The largest absolute Gasteiger partial charge is 0.398 e. The lowest BCUT2D eigenvalue weighted by molar-refractivity contribution is -0.384. The maximum Gasteiger partial charge on any atom is 0.270 e. The molecule has 0 aliphatic heterocycles. The molecule has 3 N–H and O–H groups in total. The van der Waals surface area contributed by atoms with Crippen molar-refractivity contribution in [2.24, 2.45) is 0 Å². The summed E-state index contributed by atoms with van der Waals surface area (Å²) in [6.07, 6.45) is 1.76. The van der Waals surface area contributed by atoms with Crippen LogP contribution in [0.5, 0.6) is 0 Å². The van der Waals surface area contributed by atoms with Crippen LogP contribution in [0.25, 0.3) is 16.5 Å². The first-order valence-electron chi connectivity index (χ1n) is 7.24. The first-order valence-corrected chi connectivity index (χ1v) is 7.24. The van der Waals surface area contributed by atoms with Gasteiger partial charge in [-0.1, -0.05) is 18.7 Å². The summed E-state index contributed by atoms with van der Waals surface area (Å²) in [4.78, 5) is 25.1. The molecule has 3 aromatic rings. The van der Waals surface area contributed by atoms with Gasteiger partial charge in [0.1, 0.15) is 0 Å². The van der Waals surface area contributed by atoms with Gasteiger partial charge in [0.2, 0.25) is 0 Å². The number of hydrogen-bond donors (Lipinski definition) is 2. The van der Waals surface area contributed by atoms with Crippen LogP contribution in [-0.2, 0) is 0 Å². The Labute approximate surface area is 137 Å². The molecule has 24 heavy (non-hydrogen) atoms. The van der Waals surface area contributed by atoms with Gasteiger partial charge in [-0.2, -0.15) is 0 Å². The van der Waals surface area contributed by atoms with Crippen LogP contribution >= 0.6 is 0 Å². The van der Waals surface area contributed by atoms with E-state index in [2.05, 4.69) is 11.6 Å². The summed E-state index contributed by atoms with van der Waals surface area (Å²) in [5.74, 6) is -0.0187. The number of nitrogens with two attached hydrogens (primary N) is 1. The van der Waals surface area contributed by atoms with Crippen molar-refractivity contribution in [3.63, 3.8) is 0 Å². The average Bonchev–Trinajstić information content (AvgIpc) is 2.97. The maximum atomic E-state index is 11.5. The minimum atomic E-state index is -0.468. The van der Waals surface area contributed by atoms with Crippen LogP contribution in [0.2, 0.25) is 0 Å². The molecule has 6 nitrogen and oxygen atoms in total. The van der Waals surface area contributed by atoms with Crippen molar-refractivity contribution in [2.45, 2.75) is 6.92 Å². The Morgan fingerprint density at radius 1 is 1.21 bits per heavy atom. The van der Waals surface area contributed by atoms with Crippen molar-refractivity contribution < 1.29 is 9.72 Å². The van der Waals surface area contributed by atoms with Gasteiger partial charge in [0.05, 0.1) is 4.92 Å². The minimum Gasteiger partial charge on any atom is -0.398 e. The van der Waals surface area contributed by atoms with Crippen molar-refractivity contribution in [1.82, 2.24) is 4.98 Å². The highest BCUT2D eigenvalue weighted by Crippen LogP contribution is 2.33. The number of carbonyl (C=O) groups is 1. The van der Waals surface area contributed by atoms with Crippen molar-refractivity contribution in [3.05, 3.63) is 76.0 Å². The number of fused-ring (bicyclic) bond motifs is 1. The fraction of sp³-hybridized carbons (Fsp3) is 0.0556. The van der Waals surface area contributed by atoms with Crippen LogP contribution in [0.4, 0.5) is 11.4 Å². The SMILES string of the molecule is C=C(c1cc([N+](=O)[O-])ccc1N)c1c[nH]c2cc(C(C)=O)ccc12. The molecule has 6 heteroatoms. The van der Waals surface area contributed by atoms with Crippen LogP contribution in [-0.4, -0.2) is 15.7 Å². The summed E-state index contributed by atoms with van der Waals surface area (Å²) in [6.45, 7) is 5.55. The van der Waals surface area contributed by atoms with Crippen LogP contribution in [0.3, 0.4) is 0 Å². The van der Waals surface area contributed by atoms with Crippen molar-refractivity contribution >= 4 is 33.6 Å². The van der Waals surface area contributed by atoms with E-state index in [1.807, 2.05) is 6.07 Å². The molecular weight excluding hydrogens is 306 g/mol. The van der Waals surface area contributed by atoms with E-state index in [-0.39, 0.29) is 11.5 Å². The van der Waals surface area contributed by atoms with Gasteiger partial charge in [0.25, 0.3) is 5.69 Å². The molecule has 2 aromatic carbocycles. The summed E-state index contributed by atoms with van der Waals surface area (Å²) in [5, 5.41) is 11.9. The minimum absolute atomic E-state index is 0.0187. The van der Waals surface area contributed by atoms with Crippen molar-refractivity contribution in [3.8, 4) is 0 Å². The second-order valence-corrected chi connectivity index (χ2v) is 5.53. The predicted molar refractivity (Wildman–Crippen MR) is 93.9 cm³/mol. The lowest BCUT2D eigenvalue weighted by Crippen LogP contribution is -1.97. The van der Waals surface area contributed by atoms with E-state index in [0.717, 1.165) is 16.5 Å². The van der Waals surface area contributed by atoms with E-state index < -0.39 is 4.92 Å². The number of ketones is 1. The molecule has 0 unspecified atom stereocenters. The third-order valence-corrected chi connectivity index (χ3v) is 3.99. The molecule has 0 radical (unpaired) electrons. The number of nitrogens with zero attached hydrogens (tertiary/aromatic N) is 1. The molecule has 1 aromatic heterocycles. The second kappa shape index (κ2) is 5.66. The van der Waals surface area contributed by atoms with Crippen molar-refractivity contribution in [1.29, 1.82) is 0 Å². The second-order valence-electron chi connectivity index (χ2n) is 5.53. The molecule has 0 aliphatic rings. The first kappa shape index (κ1) is 15.5. The number of hydrogen-bond acceptors (Lipinski definition) is 4. The van der Waals surface area contributed by atoms with Gasteiger partial charge in [-0.3, -0.25) is 14.9 Å². The Bertz CT molecular complexity index is 1000. The molecule has 0 saturated heterocycles. The number of nitrogens with one attached hydrogen (secondary N) is 1. The lowest BCUT2D eigenvalue weighted by atomic mass is 9.96. The Hall–Kier alpha value is -3.41. The quantitative estimate of drug-likeness (QED) is 0.329. The smallest absolute Gasteiger partial charge is 0.270 e. The molecule has 120 valence electrons. The molecule has 0 fully saturated rings. The number of benzene rings is 2. The third kappa shape index (κ3) is 2.54. The van der Waals surface area contributed by atoms with E-state index >= 15 is 0 Å². The molecular formula is C18H15N3O3. The number of nitro groups is 1. The number of nitrogen functional groups attached to an aromatic ring is 1. The average molecular weight is 321 g/mol. The Morgan fingerprint density at radius 2 is 1.96 bits per heavy atom. The fourth-order valence-corrected chi connectivity index (χ4v) is 2.66. The van der Waals surface area contributed by atoms with Gasteiger partial charge < -0.3 is 10.7 Å². The highest BCUT2D eigenvalue weighted by atomic mass is 16.6. The number of H-pyrrole nitrogens is 1. The molecule has 0 aliphatic carbocycles. The van der Waals surface area contributed by atoms with E-state index in [1.165, 1.54) is 25.1 Å². The van der Waals surface area contributed by atoms with E-state index in [9.17, 15) is 14.9 Å². The Morgan fingerprint density at radius 3 is 2.62 bits per heavy atom. The molecule has 0 bridgehead atoms. The summed E-state index contributed by atoms with van der Waals surface area (Å²) >= 11 is 0. The van der Waals surface area contributed by atoms with Gasteiger partial charge in [-0.15, -0.1) is 0 Å². The molecule has 1 heterocycles. The predicted octanol–water partition coefficient (Wildman–Crippen LogP) is 3.92. The standard InChI is InChI=1S/C18H15N3O3/c1-10(15-8-13(21(23)24)4-6-17(15)19)16-9-20-18-7-12(11(2)22)3-5-14(16)18/h3-9,20H,1,19H2,2H3. The topological polar surface area (TPSA) is 102 Å². The summed E-state index contributed by atoms with van der Waals surface area (Å²) < 4.78 is 0. The number of Topliss-reactive ketones (excluding diaryl/α,β-unsaturated/α-hetero) is 1. The summed E-state index contributed by atoms with van der Waals surface area (Å²) in [7, 11) is 0. The van der Waals surface area contributed by atoms with Gasteiger partial charge in [-0.25, -0.2) is 0 Å². The molecule has 0 atom stereocenters. The molecule has 0 spiro atoms. The van der Waals surface area contributed by atoms with Gasteiger partial charge in [-0.05, 0) is 24.6 Å². The zero-order valence-corrected chi connectivity index (χ0v) is 13.0. The van der Waals surface area contributed by atoms with E-state index in [1.54, 1.807) is 18.3 Å². The number of rotatable bonds is 4. The van der Waals surface area contributed by atoms with Crippen molar-refractivity contribution in [2.75, 3.05) is 5.73 Å². The maximum absolute atomic E-state index is 11.5. The molecule has 0 saturated carbocycles. The third-order valence-electron chi connectivity index (χ3n) is 3.99. The number of nitro benzene ring substituents is 1. The molecule has 3 rings (SSSR count). The highest BCUT2D eigenvalue weighted by Gasteiger charge is 2.15. The highest BCUT2D eigenvalue weighted by molar-refractivity contribution is 6.02. The zero-order valence-electron chi connectivity index (χ0n) is 13.0. The number of carbonyl (C=O) groups excluding carboxylic acids is 1. The normalized spacial score (nSPS) is 10.7. The van der Waals surface area contributed by atoms with Crippen LogP contribution in [0, 0.1) is 10.1 Å². The summed E-state index contributed by atoms with van der Waals surface area (Å²) in [6, 6.07) is 9.62. The Kier molecular flexibility index (Phi) is 3.65. The Balaban J connectivity index is 2.11. The van der Waals surface area contributed by atoms with E-state index in [4.69, 9.17) is 5.73 Å². The number of anilines is 1. The van der Waals surface area contributed by atoms with Crippen LogP contribution in [0.15, 0.2) is 49.2 Å². The molecule has 0 amide bonds.